The number of carbonyl (C=O) groups excluding carboxylic acids is 1. The van der Waals surface area contributed by atoms with Crippen LogP contribution >= 0.6 is 0 Å². The van der Waals surface area contributed by atoms with Gasteiger partial charge in [-0.25, -0.2) is 4.98 Å². The quantitative estimate of drug-likeness (QED) is 0.523. The first-order valence-corrected chi connectivity index (χ1v) is 9.72. The number of amides is 1. The van der Waals surface area contributed by atoms with Crippen LogP contribution in [0.4, 0.5) is 30.5 Å². The number of pyridine rings is 1. The van der Waals surface area contributed by atoms with Gasteiger partial charge in [0.25, 0.3) is 0 Å². The van der Waals surface area contributed by atoms with Crippen molar-refractivity contribution in [2.24, 2.45) is 12.8 Å². The van der Waals surface area contributed by atoms with Gasteiger partial charge < -0.3 is 16.4 Å². The Morgan fingerprint density at radius 3 is 2.68 bits per heavy atom. The summed E-state index contributed by atoms with van der Waals surface area (Å²) in [5.74, 6) is 0.682. The SMILES string of the molecule is Cn1nc(C2CC2)cc1Nc1cc(NCc2ccccc2C(N)=O)c(C(F)(F)F)cn1. The molecule has 2 aromatic heterocycles. The van der Waals surface area contributed by atoms with Crippen molar-refractivity contribution < 1.29 is 18.0 Å². The second kappa shape index (κ2) is 7.93. The predicted octanol–water partition coefficient (Wildman–Crippen LogP) is 4.17. The van der Waals surface area contributed by atoms with Gasteiger partial charge in [-0.15, -0.1) is 0 Å². The molecule has 1 saturated carbocycles. The molecule has 0 radical (unpaired) electrons. The Morgan fingerprint density at radius 1 is 1.26 bits per heavy atom. The molecule has 0 bridgehead atoms. The van der Waals surface area contributed by atoms with Crippen LogP contribution in [0, 0.1) is 0 Å². The Hall–Kier alpha value is -3.56. The van der Waals surface area contributed by atoms with E-state index < -0.39 is 17.6 Å². The number of anilines is 3. The number of nitrogens with zero attached hydrogens (tertiary/aromatic N) is 3. The summed E-state index contributed by atoms with van der Waals surface area (Å²) >= 11 is 0. The third-order valence-electron chi connectivity index (χ3n) is 5.11. The van der Waals surface area contributed by atoms with E-state index in [0.29, 0.717) is 17.3 Å². The zero-order chi connectivity index (χ0) is 22.2. The number of halogens is 3. The Bertz CT molecular complexity index is 1120. The minimum absolute atomic E-state index is 0.0107. The van der Waals surface area contributed by atoms with E-state index in [1.54, 1.807) is 29.9 Å². The van der Waals surface area contributed by atoms with Crippen molar-refractivity contribution in [1.29, 1.82) is 0 Å². The number of hydrogen-bond acceptors (Lipinski definition) is 5. The number of primary amides is 1. The van der Waals surface area contributed by atoms with E-state index in [1.807, 2.05) is 6.07 Å². The summed E-state index contributed by atoms with van der Waals surface area (Å²) in [6.07, 6.45) is -1.63. The first-order chi connectivity index (χ1) is 14.7. The molecule has 4 N–H and O–H groups in total. The normalized spacial score (nSPS) is 13.8. The lowest BCUT2D eigenvalue weighted by Gasteiger charge is -2.17. The molecule has 31 heavy (non-hydrogen) atoms. The van der Waals surface area contributed by atoms with E-state index in [1.165, 1.54) is 12.1 Å². The van der Waals surface area contributed by atoms with Crippen LogP contribution in [0.5, 0.6) is 0 Å². The minimum Gasteiger partial charge on any atom is -0.380 e. The van der Waals surface area contributed by atoms with E-state index in [9.17, 15) is 18.0 Å². The minimum atomic E-state index is -4.59. The number of nitrogens with one attached hydrogen (secondary N) is 2. The summed E-state index contributed by atoms with van der Waals surface area (Å²) in [6.45, 7) is -0.0107. The van der Waals surface area contributed by atoms with Gasteiger partial charge in [-0.05, 0) is 24.5 Å². The van der Waals surface area contributed by atoms with Crippen LogP contribution in [-0.4, -0.2) is 20.7 Å². The molecule has 7 nitrogen and oxygen atoms in total. The van der Waals surface area contributed by atoms with Crippen LogP contribution in [0.15, 0.2) is 42.6 Å². The molecule has 1 fully saturated rings. The van der Waals surface area contributed by atoms with Crippen molar-refractivity contribution in [2.45, 2.75) is 31.5 Å². The second-order valence-electron chi connectivity index (χ2n) is 7.47. The summed E-state index contributed by atoms with van der Waals surface area (Å²) in [4.78, 5) is 15.5. The van der Waals surface area contributed by atoms with E-state index in [-0.39, 0.29) is 23.6 Å². The lowest BCUT2D eigenvalue weighted by molar-refractivity contribution is -0.137. The van der Waals surface area contributed by atoms with Gasteiger partial charge >= 0.3 is 6.18 Å². The molecule has 1 aliphatic rings. The standard InChI is InChI=1S/C21H21F3N6O/c1-30-19(9-16(29-30)12-6-7-12)28-18-8-17(15(11-27-18)21(22,23)24)26-10-13-4-2-3-5-14(13)20(25)31/h2-5,8-9,11-12H,6-7,10H2,1H3,(H2,25,31)(H2,26,27,28). The van der Waals surface area contributed by atoms with Crippen LogP contribution < -0.4 is 16.4 Å². The average molecular weight is 430 g/mol. The van der Waals surface area contributed by atoms with E-state index in [2.05, 4.69) is 20.7 Å². The Balaban J connectivity index is 1.60. The molecule has 0 aliphatic heterocycles. The number of hydrogen-bond donors (Lipinski definition) is 3. The molecule has 0 atom stereocenters. The van der Waals surface area contributed by atoms with Gasteiger partial charge in [0.1, 0.15) is 11.6 Å². The molecule has 0 unspecified atom stereocenters. The zero-order valence-corrected chi connectivity index (χ0v) is 16.7. The first-order valence-electron chi connectivity index (χ1n) is 9.72. The maximum atomic E-state index is 13.5. The van der Waals surface area contributed by atoms with Gasteiger partial charge in [0, 0.05) is 43.4 Å². The van der Waals surface area contributed by atoms with Crippen molar-refractivity contribution in [3.63, 3.8) is 0 Å². The summed E-state index contributed by atoms with van der Waals surface area (Å²) in [5, 5.41) is 10.2. The average Bonchev–Trinajstić information content (AvgIpc) is 3.50. The summed E-state index contributed by atoms with van der Waals surface area (Å²) < 4.78 is 42.2. The maximum absolute atomic E-state index is 13.5. The Labute approximate surface area is 176 Å². The molecule has 162 valence electrons. The molecule has 0 saturated heterocycles. The van der Waals surface area contributed by atoms with Gasteiger partial charge in [-0.1, -0.05) is 18.2 Å². The highest BCUT2D eigenvalue weighted by Gasteiger charge is 2.34. The molecule has 1 amide bonds. The Morgan fingerprint density at radius 2 is 2.00 bits per heavy atom. The third kappa shape index (κ3) is 4.62. The number of rotatable bonds is 7. The third-order valence-corrected chi connectivity index (χ3v) is 5.11. The van der Waals surface area contributed by atoms with Crippen molar-refractivity contribution in [1.82, 2.24) is 14.8 Å². The predicted molar refractivity (Wildman–Crippen MR) is 110 cm³/mol. The fraction of sp³-hybridized carbons (Fsp3) is 0.286. The van der Waals surface area contributed by atoms with Gasteiger partial charge in [-0.3, -0.25) is 9.48 Å². The number of alkyl halides is 3. The number of aromatic nitrogens is 3. The first kappa shape index (κ1) is 20.7. The van der Waals surface area contributed by atoms with Gasteiger partial charge in [0.05, 0.1) is 16.9 Å². The molecule has 3 aromatic rings. The van der Waals surface area contributed by atoms with Gasteiger partial charge in [-0.2, -0.15) is 18.3 Å². The van der Waals surface area contributed by atoms with Crippen LogP contribution in [0.1, 0.15) is 45.9 Å². The van der Waals surface area contributed by atoms with Crippen LogP contribution in [0.25, 0.3) is 0 Å². The van der Waals surface area contributed by atoms with Crippen molar-refractivity contribution in [3.05, 3.63) is 65.0 Å². The van der Waals surface area contributed by atoms with Gasteiger partial charge in [0.2, 0.25) is 5.91 Å². The highest BCUT2D eigenvalue weighted by Crippen LogP contribution is 2.40. The highest BCUT2D eigenvalue weighted by molar-refractivity contribution is 5.94. The van der Waals surface area contributed by atoms with Crippen molar-refractivity contribution in [2.75, 3.05) is 10.6 Å². The molecule has 1 aliphatic carbocycles. The van der Waals surface area contributed by atoms with E-state index in [0.717, 1.165) is 24.7 Å². The summed E-state index contributed by atoms with van der Waals surface area (Å²) in [5.41, 5.74) is 6.00. The highest BCUT2D eigenvalue weighted by atomic mass is 19.4. The second-order valence-corrected chi connectivity index (χ2v) is 7.47. The fourth-order valence-electron chi connectivity index (χ4n) is 3.32. The van der Waals surface area contributed by atoms with Crippen LogP contribution in [-0.2, 0) is 19.8 Å². The van der Waals surface area contributed by atoms with E-state index in [4.69, 9.17) is 5.73 Å². The number of nitrogens with two attached hydrogens (primary N) is 1. The monoisotopic (exact) mass is 430 g/mol. The number of benzene rings is 1. The topological polar surface area (TPSA) is 97.9 Å². The van der Waals surface area contributed by atoms with Crippen molar-refractivity contribution >= 4 is 23.2 Å². The van der Waals surface area contributed by atoms with E-state index >= 15 is 0 Å². The van der Waals surface area contributed by atoms with Crippen LogP contribution in [0.3, 0.4) is 0 Å². The summed E-state index contributed by atoms with van der Waals surface area (Å²) in [7, 11) is 1.76. The summed E-state index contributed by atoms with van der Waals surface area (Å²) in [6, 6.07) is 9.67. The lowest BCUT2D eigenvalue weighted by Crippen LogP contribution is -2.16. The fourth-order valence-corrected chi connectivity index (χ4v) is 3.32. The molecule has 2 heterocycles. The number of carbonyl (C=O) groups is 1. The molecule has 1 aromatic carbocycles. The lowest BCUT2D eigenvalue weighted by atomic mass is 10.1. The van der Waals surface area contributed by atoms with Crippen molar-refractivity contribution in [3.8, 4) is 0 Å². The largest absolute Gasteiger partial charge is 0.419 e. The molecular weight excluding hydrogens is 409 g/mol. The molecule has 0 spiro atoms. The number of aryl methyl sites for hydroxylation is 1. The maximum Gasteiger partial charge on any atom is 0.419 e. The van der Waals surface area contributed by atoms with Gasteiger partial charge in [0.15, 0.2) is 0 Å². The smallest absolute Gasteiger partial charge is 0.380 e. The molecular formula is C21H21F3N6O. The molecule has 10 heteroatoms. The molecule has 4 rings (SSSR count). The zero-order valence-electron chi connectivity index (χ0n) is 16.7. The van der Waals surface area contributed by atoms with Crippen LogP contribution in [0.2, 0.25) is 0 Å². The Kier molecular flexibility index (Phi) is 5.30.